The number of anilines is 1. The molecule has 0 saturated heterocycles. The first-order chi connectivity index (χ1) is 13.0. The molecule has 1 unspecified atom stereocenters. The minimum absolute atomic E-state index is 0.0594. The summed E-state index contributed by atoms with van der Waals surface area (Å²) >= 11 is 12.5. The summed E-state index contributed by atoms with van der Waals surface area (Å²) in [4.78, 5) is 19.5. The summed E-state index contributed by atoms with van der Waals surface area (Å²) in [5, 5.41) is 1.01. The van der Waals surface area contributed by atoms with Crippen LogP contribution in [-0.2, 0) is 6.42 Å². The van der Waals surface area contributed by atoms with E-state index in [4.69, 9.17) is 23.2 Å². The Morgan fingerprint density at radius 1 is 1.11 bits per heavy atom. The van der Waals surface area contributed by atoms with Gasteiger partial charge in [-0.1, -0.05) is 47.5 Å². The summed E-state index contributed by atoms with van der Waals surface area (Å²) in [5.41, 5.74) is 4.63. The zero-order valence-electron chi connectivity index (χ0n) is 14.8. The molecule has 2 aromatic carbocycles. The van der Waals surface area contributed by atoms with Gasteiger partial charge >= 0.3 is 0 Å². The summed E-state index contributed by atoms with van der Waals surface area (Å²) < 4.78 is 0. The maximum absolute atomic E-state index is 13.6. The molecular formula is C22H18Cl2N2O. The van der Waals surface area contributed by atoms with Crippen molar-refractivity contribution in [3.63, 3.8) is 0 Å². The zero-order chi connectivity index (χ0) is 19.0. The Morgan fingerprint density at radius 3 is 2.59 bits per heavy atom. The first kappa shape index (κ1) is 18.0. The predicted octanol–water partition coefficient (Wildman–Crippen LogP) is 6.03. The lowest BCUT2D eigenvalue weighted by atomic mass is 10.0. The van der Waals surface area contributed by atoms with E-state index in [0.717, 1.165) is 18.4 Å². The number of fused-ring (bicyclic) bond motifs is 1. The summed E-state index contributed by atoms with van der Waals surface area (Å²) in [5.74, 6) is -0.0741. The highest BCUT2D eigenvalue weighted by molar-refractivity contribution is 6.35. The van der Waals surface area contributed by atoms with Crippen LogP contribution in [0.15, 0.2) is 60.9 Å². The van der Waals surface area contributed by atoms with Gasteiger partial charge in [-0.25, -0.2) is 0 Å². The molecular weight excluding hydrogens is 379 g/mol. The van der Waals surface area contributed by atoms with Crippen LogP contribution < -0.4 is 4.90 Å². The minimum atomic E-state index is -0.0741. The quantitative estimate of drug-likeness (QED) is 0.541. The molecule has 0 bridgehead atoms. The van der Waals surface area contributed by atoms with Gasteiger partial charge in [0, 0.05) is 33.7 Å². The maximum Gasteiger partial charge on any atom is 0.259 e. The highest BCUT2D eigenvalue weighted by atomic mass is 35.5. The summed E-state index contributed by atoms with van der Waals surface area (Å²) in [6, 6.07) is 15.2. The molecule has 27 heavy (non-hydrogen) atoms. The summed E-state index contributed by atoms with van der Waals surface area (Å²) in [7, 11) is 0. The van der Waals surface area contributed by atoms with Crippen LogP contribution in [0.25, 0.3) is 0 Å². The molecule has 1 aliphatic carbocycles. The lowest BCUT2D eigenvalue weighted by Crippen LogP contribution is -2.34. The SMILES string of the molecule is Cc1cnccc1C(=O)N(c1cc(Cl)cc(Cl)c1)C1CCc2ccccc21. The largest absolute Gasteiger partial charge is 0.301 e. The fourth-order valence-corrected chi connectivity index (χ4v) is 4.28. The van der Waals surface area contributed by atoms with E-state index in [1.54, 1.807) is 36.7 Å². The Bertz CT molecular complexity index is 998. The van der Waals surface area contributed by atoms with Crippen molar-refractivity contribution in [2.24, 2.45) is 0 Å². The van der Waals surface area contributed by atoms with Crippen molar-refractivity contribution < 1.29 is 4.79 Å². The molecule has 5 heteroatoms. The molecule has 4 rings (SSSR count). The third-order valence-corrected chi connectivity index (χ3v) is 5.44. The number of aromatic nitrogens is 1. The van der Waals surface area contributed by atoms with Crippen LogP contribution >= 0.6 is 23.2 Å². The molecule has 0 saturated carbocycles. The van der Waals surface area contributed by atoms with Gasteiger partial charge < -0.3 is 4.90 Å². The zero-order valence-corrected chi connectivity index (χ0v) is 16.3. The Hall–Kier alpha value is -2.36. The number of carbonyl (C=O) groups excluding carboxylic acids is 1. The van der Waals surface area contributed by atoms with Crippen LogP contribution in [0.2, 0.25) is 10.0 Å². The van der Waals surface area contributed by atoms with Gasteiger partial charge in [0.1, 0.15) is 0 Å². The molecule has 1 aliphatic rings. The van der Waals surface area contributed by atoms with Crippen LogP contribution in [0.5, 0.6) is 0 Å². The summed E-state index contributed by atoms with van der Waals surface area (Å²) in [6.45, 7) is 1.89. The van der Waals surface area contributed by atoms with Crippen molar-refractivity contribution in [2.45, 2.75) is 25.8 Å². The third kappa shape index (κ3) is 3.45. The Morgan fingerprint density at radius 2 is 1.85 bits per heavy atom. The van der Waals surface area contributed by atoms with Gasteiger partial charge in [-0.15, -0.1) is 0 Å². The molecule has 0 radical (unpaired) electrons. The number of halogens is 2. The van der Waals surface area contributed by atoms with Gasteiger partial charge in [-0.2, -0.15) is 0 Å². The third-order valence-electron chi connectivity index (χ3n) is 5.01. The molecule has 1 aromatic heterocycles. The summed E-state index contributed by atoms with van der Waals surface area (Å²) in [6.07, 6.45) is 5.15. The molecule has 3 aromatic rings. The van der Waals surface area contributed by atoms with E-state index in [0.29, 0.717) is 21.3 Å². The van der Waals surface area contributed by atoms with Gasteiger partial charge in [0.15, 0.2) is 0 Å². The van der Waals surface area contributed by atoms with Crippen LogP contribution in [-0.4, -0.2) is 10.9 Å². The molecule has 0 aliphatic heterocycles. The normalized spacial score (nSPS) is 15.4. The number of amides is 1. The fraction of sp³-hybridized carbons (Fsp3) is 0.182. The van der Waals surface area contributed by atoms with Gasteiger partial charge in [-0.05, 0) is 60.7 Å². The van der Waals surface area contributed by atoms with E-state index in [-0.39, 0.29) is 11.9 Å². The number of pyridine rings is 1. The van der Waals surface area contributed by atoms with E-state index in [9.17, 15) is 4.79 Å². The molecule has 0 fully saturated rings. The second-order valence-corrected chi connectivity index (χ2v) is 7.62. The van der Waals surface area contributed by atoms with Crippen molar-refractivity contribution in [1.82, 2.24) is 4.98 Å². The maximum atomic E-state index is 13.6. The molecule has 1 amide bonds. The van der Waals surface area contributed by atoms with Gasteiger partial charge in [0.25, 0.3) is 5.91 Å². The second kappa shape index (κ2) is 7.34. The predicted molar refractivity (Wildman–Crippen MR) is 110 cm³/mol. The topological polar surface area (TPSA) is 33.2 Å². The van der Waals surface area contributed by atoms with Crippen LogP contribution in [0.3, 0.4) is 0 Å². The number of hydrogen-bond acceptors (Lipinski definition) is 2. The lowest BCUT2D eigenvalue weighted by Gasteiger charge is -2.31. The molecule has 3 nitrogen and oxygen atoms in total. The van der Waals surface area contributed by atoms with Crippen LogP contribution in [0, 0.1) is 6.92 Å². The molecule has 0 spiro atoms. The minimum Gasteiger partial charge on any atom is -0.301 e. The number of carbonyl (C=O) groups is 1. The van der Waals surface area contributed by atoms with Crippen LogP contribution in [0.1, 0.15) is 39.5 Å². The van der Waals surface area contributed by atoms with Crippen molar-refractivity contribution >= 4 is 34.8 Å². The first-order valence-corrected chi connectivity index (χ1v) is 9.58. The second-order valence-electron chi connectivity index (χ2n) is 6.75. The van der Waals surface area contributed by atoms with E-state index >= 15 is 0 Å². The average Bonchev–Trinajstić information content (AvgIpc) is 3.05. The number of aryl methyl sites for hydroxylation is 2. The number of benzene rings is 2. The Labute approximate surface area is 168 Å². The highest BCUT2D eigenvalue weighted by Gasteiger charge is 2.33. The molecule has 1 heterocycles. The monoisotopic (exact) mass is 396 g/mol. The average molecular weight is 397 g/mol. The molecule has 0 N–H and O–H groups in total. The standard InChI is InChI=1S/C22H18Cl2N2O/c1-14-13-25-9-8-19(14)22(27)26(18-11-16(23)10-17(24)12-18)21-7-6-15-4-2-3-5-20(15)21/h2-5,8-13,21H,6-7H2,1H3. The van der Waals surface area contributed by atoms with Crippen molar-refractivity contribution in [2.75, 3.05) is 4.90 Å². The molecule has 136 valence electrons. The highest BCUT2D eigenvalue weighted by Crippen LogP contribution is 2.40. The van der Waals surface area contributed by atoms with E-state index < -0.39 is 0 Å². The van der Waals surface area contributed by atoms with Crippen molar-refractivity contribution in [3.8, 4) is 0 Å². The van der Waals surface area contributed by atoms with Crippen molar-refractivity contribution in [1.29, 1.82) is 0 Å². The fourth-order valence-electron chi connectivity index (χ4n) is 3.76. The number of nitrogens with zero attached hydrogens (tertiary/aromatic N) is 2. The number of rotatable bonds is 3. The van der Waals surface area contributed by atoms with Crippen LogP contribution in [0.4, 0.5) is 5.69 Å². The van der Waals surface area contributed by atoms with E-state index in [1.165, 1.54) is 11.1 Å². The van der Waals surface area contributed by atoms with E-state index in [2.05, 4.69) is 17.1 Å². The molecule has 1 atom stereocenters. The lowest BCUT2D eigenvalue weighted by molar-refractivity contribution is 0.0975. The first-order valence-electron chi connectivity index (χ1n) is 8.82. The van der Waals surface area contributed by atoms with Crippen molar-refractivity contribution in [3.05, 3.63) is 93.2 Å². The number of hydrogen-bond donors (Lipinski definition) is 0. The van der Waals surface area contributed by atoms with Gasteiger partial charge in [-0.3, -0.25) is 9.78 Å². The Kier molecular flexibility index (Phi) is 4.90. The Balaban J connectivity index is 1.86. The van der Waals surface area contributed by atoms with Gasteiger partial charge in [0.05, 0.1) is 6.04 Å². The smallest absolute Gasteiger partial charge is 0.259 e. The van der Waals surface area contributed by atoms with Gasteiger partial charge in [0.2, 0.25) is 0 Å². The van der Waals surface area contributed by atoms with E-state index in [1.807, 2.05) is 24.0 Å².